The minimum absolute atomic E-state index is 0.00148. The third-order valence-electron chi connectivity index (χ3n) is 5.02. The third-order valence-corrected chi connectivity index (χ3v) is 5.02. The molecule has 9 heteroatoms. The minimum atomic E-state index is -0.587. The first-order valence-electron chi connectivity index (χ1n) is 9.82. The Labute approximate surface area is 172 Å². The molecule has 0 radical (unpaired) electrons. The number of aryl methyl sites for hydroxylation is 1. The molecule has 0 bridgehead atoms. The first kappa shape index (κ1) is 21.5. The van der Waals surface area contributed by atoms with Crippen molar-refractivity contribution in [3.05, 3.63) is 68.5 Å². The maximum Gasteiger partial charge on any atom is 0.311 e. The molecule has 1 saturated heterocycles. The summed E-state index contributed by atoms with van der Waals surface area (Å²) in [6.45, 7) is 3.84. The smallest absolute Gasteiger partial charge is 0.311 e. The van der Waals surface area contributed by atoms with Gasteiger partial charge in [0, 0.05) is 25.1 Å². The predicted molar refractivity (Wildman–Crippen MR) is 106 cm³/mol. The number of nitrogens with one attached hydrogen (secondary N) is 1. The van der Waals surface area contributed by atoms with Crippen molar-refractivity contribution in [1.29, 1.82) is 0 Å². The molecule has 2 aromatic rings. The highest BCUT2D eigenvalue weighted by Gasteiger charge is 2.42. The molecular weight excluding hydrogens is 393 g/mol. The molecule has 0 saturated carbocycles. The number of H-pyrrole nitrogens is 1. The van der Waals surface area contributed by atoms with E-state index in [0.29, 0.717) is 18.5 Å². The van der Waals surface area contributed by atoms with Gasteiger partial charge in [0.15, 0.2) is 0 Å². The number of likely N-dealkylation sites (tertiary alicyclic amines) is 1. The summed E-state index contributed by atoms with van der Waals surface area (Å²) < 4.78 is 19.8. The van der Waals surface area contributed by atoms with E-state index in [1.165, 1.54) is 12.1 Å². The molecule has 30 heavy (non-hydrogen) atoms. The molecule has 1 aromatic heterocycles. The van der Waals surface area contributed by atoms with Gasteiger partial charge in [0.2, 0.25) is 5.91 Å². The summed E-state index contributed by atoms with van der Waals surface area (Å²) in [6.07, 6.45) is 0.0863. The Morgan fingerprint density at radius 2 is 1.87 bits per heavy atom. The van der Waals surface area contributed by atoms with Gasteiger partial charge >= 0.3 is 5.97 Å². The van der Waals surface area contributed by atoms with Crippen molar-refractivity contribution in [2.45, 2.75) is 45.4 Å². The molecule has 2 heterocycles. The van der Waals surface area contributed by atoms with E-state index >= 15 is 0 Å². The average Bonchev–Trinajstić information content (AvgIpc) is 3.14. The van der Waals surface area contributed by atoms with Gasteiger partial charge < -0.3 is 9.64 Å². The number of benzene rings is 1. The highest BCUT2D eigenvalue weighted by molar-refractivity contribution is 5.80. The monoisotopic (exact) mass is 417 g/mol. The summed E-state index contributed by atoms with van der Waals surface area (Å²) in [4.78, 5) is 50.4. The van der Waals surface area contributed by atoms with Gasteiger partial charge in [0.25, 0.3) is 11.1 Å². The molecule has 8 nitrogen and oxygen atoms in total. The molecule has 0 unspecified atom stereocenters. The van der Waals surface area contributed by atoms with E-state index in [1.807, 2.05) is 0 Å². The lowest BCUT2D eigenvalue weighted by Gasteiger charge is -2.28. The van der Waals surface area contributed by atoms with E-state index in [0.717, 1.165) is 16.8 Å². The first-order chi connectivity index (χ1) is 14.3. The van der Waals surface area contributed by atoms with E-state index in [9.17, 15) is 23.6 Å². The summed E-state index contributed by atoms with van der Waals surface area (Å²) in [5.41, 5.74) is -0.223. The lowest BCUT2D eigenvalue weighted by Crippen LogP contribution is -2.36. The van der Waals surface area contributed by atoms with Crippen LogP contribution in [0.25, 0.3) is 0 Å². The number of nitrogens with zero attached hydrogens (tertiary/aromatic N) is 2. The number of ether oxygens (including phenoxy) is 1. The molecule has 1 aliphatic heterocycles. The Morgan fingerprint density at radius 3 is 2.53 bits per heavy atom. The van der Waals surface area contributed by atoms with Crippen LogP contribution in [0.2, 0.25) is 0 Å². The zero-order chi connectivity index (χ0) is 21.8. The van der Waals surface area contributed by atoms with Gasteiger partial charge in [0.1, 0.15) is 5.82 Å². The first-order valence-corrected chi connectivity index (χ1v) is 9.82. The Bertz CT molecular complexity index is 1030. The predicted octanol–water partition coefficient (Wildman–Crippen LogP) is 1.61. The second-order valence-electron chi connectivity index (χ2n) is 7.51. The molecule has 1 N–H and O–H groups in total. The molecule has 0 aliphatic carbocycles. The van der Waals surface area contributed by atoms with Gasteiger partial charge in [-0.1, -0.05) is 12.1 Å². The van der Waals surface area contributed by atoms with Gasteiger partial charge in [-0.2, -0.15) is 0 Å². The molecule has 1 fully saturated rings. The van der Waals surface area contributed by atoms with Gasteiger partial charge in [-0.3, -0.25) is 24.3 Å². The van der Waals surface area contributed by atoms with Crippen molar-refractivity contribution < 1.29 is 18.7 Å². The fourth-order valence-electron chi connectivity index (χ4n) is 3.69. The number of carbonyl (C=O) groups excluding carboxylic acids is 2. The van der Waals surface area contributed by atoms with Gasteiger partial charge in [-0.25, -0.2) is 9.07 Å². The standard InChI is InChI=1S/C21H24FN3O5/c1-13(2)30-21(29)16-9-11-24(20(16)14-3-5-15(22)6-4-14)18(27)10-12-25-19(28)8-7-17(26)23-25/h3-8,13,16,20H,9-12H2,1-2H3,(H,23,26)/t16-,20-/m1/s1. The fourth-order valence-corrected chi connectivity index (χ4v) is 3.69. The molecule has 1 aromatic carbocycles. The Morgan fingerprint density at radius 1 is 1.17 bits per heavy atom. The number of aromatic nitrogens is 2. The molecule has 1 aliphatic rings. The van der Waals surface area contributed by atoms with E-state index in [1.54, 1.807) is 30.9 Å². The van der Waals surface area contributed by atoms with Crippen LogP contribution in [0.15, 0.2) is 46.0 Å². The number of aromatic amines is 1. The van der Waals surface area contributed by atoms with Crippen molar-refractivity contribution in [2.75, 3.05) is 6.54 Å². The number of rotatable bonds is 6. The Kier molecular flexibility index (Phi) is 6.49. The average molecular weight is 417 g/mol. The number of halogens is 1. The second-order valence-corrected chi connectivity index (χ2v) is 7.51. The fraction of sp³-hybridized carbons (Fsp3) is 0.429. The van der Waals surface area contributed by atoms with Crippen LogP contribution < -0.4 is 11.1 Å². The van der Waals surface area contributed by atoms with Crippen molar-refractivity contribution >= 4 is 11.9 Å². The number of amides is 1. The zero-order valence-electron chi connectivity index (χ0n) is 16.8. The van der Waals surface area contributed by atoms with Crippen LogP contribution >= 0.6 is 0 Å². The molecular formula is C21H24FN3O5. The van der Waals surface area contributed by atoms with Crippen LogP contribution in [0.3, 0.4) is 0 Å². The molecule has 0 spiro atoms. The summed E-state index contributed by atoms with van der Waals surface area (Å²) in [7, 11) is 0. The van der Waals surface area contributed by atoms with Crippen molar-refractivity contribution in [2.24, 2.45) is 5.92 Å². The number of hydrogen-bond acceptors (Lipinski definition) is 5. The molecule has 2 atom stereocenters. The highest BCUT2D eigenvalue weighted by atomic mass is 19.1. The van der Waals surface area contributed by atoms with Gasteiger partial charge in [-0.05, 0) is 38.0 Å². The van der Waals surface area contributed by atoms with Crippen LogP contribution in [-0.4, -0.2) is 39.2 Å². The van der Waals surface area contributed by atoms with Crippen LogP contribution in [0.1, 0.15) is 38.3 Å². The topological polar surface area (TPSA) is 101 Å². The van der Waals surface area contributed by atoms with E-state index in [2.05, 4.69) is 5.10 Å². The van der Waals surface area contributed by atoms with Crippen molar-refractivity contribution in [3.8, 4) is 0 Å². The largest absolute Gasteiger partial charge is 0.463 e. The van der Waals surface area contributed by atoms with Crippen molar-refractivity contribution in [3.63, 3.8) is 0 Å². The highest BCUT2D eigenvalue weighted by Crippen LogP contribution is 2.38. The maximum atomic E-state index is 13.4. The number of esters is 1. The second kappa shape index (κ2) is 9.06. The van der Waals surface area contributed by atoms with Crippen LogP contribution in [0, 0.1) is 11.7 Å². The summed E-state index contributed by atoms with van der Waals surface area (Å²) in [5.74, 6) is -1.66. The molecule has 1 amide bonds. The van der Waals surface area contributed by atoms with Crippen molar-refractivity contribution in [1.82, 2.24) is 14.7 Å². The summed E-state index contributed by atoms with van der Waals surface area (Å²) in [5, 5.41) is 2.38. The maximum absolute atomic E-state index is 13.4. The number of carbonyl (C=O) groups is 2. The summed E-state index contributed by atoms with van der Waals surface area (Å²) >= 11 is 0. The Hall–Kier alpha value is -3.23. The minimum Gasteiger partial charge on any atom is -0.463 e. The third kappa shape index (κ3) is 4.84. The van der Waals surface area contributed by atoms with Crippen LogP contribution in [0.5, 0.6) is 0 Å². The van der Waals surface area contributed by atoms with E-state index < -0.39 is 34.9 Å². The lowest BCUT2D eigenvalue weighted by molar-refractivity contribution is -0.153. The molecule has 160 valence electrons. The van der Waals surface area contributed by atoms with E-state index in [4.69, 9.17) is 4.74 Å². The van der Waals surface area contributed by atoms with Gasteiger partial charge in [0.05, 0.1) is 24.6 Å². The van der Waals surface area contributed by atoms with Crippen LogP contribution in [0.4, 0.5) is 4.39 Å². The number of hydrogen-bond donors (Lipinski definition) is 1. The lowest BCUT2D eigenvalue weighted by atomic mass is 9.93. The van der Waals surface area contributed by atoms with Gasteiger partial charge in [-0.15, -0.1) is 0 Å². The van der Waals surface area contributed by atoms with Crippen LogP contribution in [-0.2, 0) is 20.9 Å². The Balaban J connectivity index is 1.82. The molecule has 3 rings (SSSR count). The quantitative estimate of drug-likeness (QED) is 0.720. The van der Waals surface area contributed by atoms with E-state index in [-0.39, 0.29) is 25.0 Å². The zero-order valence-corrected chi connectivity index (χ0v) is 16.8. The SMILES string of the molecule is CC(C)OC(=O)[C@@H]1CCN(C(=O)CCn2[nH]c(=O)ccc2=O)[C@@H]1c1ccc(F)cc1. The summed E-state index contributed by atoms with van der Waals surface area (Å²) in [6, 6.07) is 7.36. The normalized spacial score (nSPS) is 18.6.